The number of carbonyl (C=O) groups is 1. The Morgan fingerprint density at radius 2 is 1.74 bits per heavy atom. The second kappa shape index (κ2) is 8.87. The first-order valence-corrected chi connectivity index (χ1v) is 10.7. The number of ether oxygens (including phenoxy) is 1. The number of fused-ring (bicyclic) bond motifs is 3. The van der Waals surface area contributed by atoms with E-state index in [1.807, 2.05) is 60.7 Å². The van der Waals surface area contributed by atoms with E-state index in [-0.39, 0.29) is 18.5 Å². The largest absolute Gasteiger partial charge is 0.480 e. The van der Waals surface area contributed by atoms with Gasteiger partial charge in [0.1, 0.15) is 11.6 Å². The SMILES string of the molecule is COCc1nn2c(nnc3c(=O)n(C(Cc4ccccc4)C(=O)O)ccc32)c1-c1ccccc1. The predicted octanol–water partition coefficient (Wildman–Crippen LogP) is 3.12. The zero-order valence-corrected chi connectivity index (χ0v) is 18.3. The average Bonchev–Trinajstić information content (AvgIpc) is 3.23. The normalized spacial score (nSPS) is 12.3. The van der Waals surface area contributed by atoms with Crippen LogP contribution in [0.25, 0.3) is 27.8 Å². The molecule has 1 N–H and O–H groups in total. The minimum Gasteiger partial charge on any atom is -0.480 e. The van der Waals surface area contributed by atoms with E-state index in [1.165, 1.54) is 10.8 Å². The molecular formula is C25H21N5O4. The maximum Gasteiger partial charge on any atom is 0.327 e. The van der Waals surface area contributed by atoms with Crippen molar-refractivity contribution in [3.8, 4) is 11.1 Å². The number of carboxylic acid groups (broad SMARTS) is 1. The van der Waals surface area contributed by atoms with Crippen LogP contribution in [-0.2, 0) is 22.6 Å². The lowest BCUT2D eigenvalue weighted by atomic mass is 10.1. The number of hydrogen-bond donors (Lipinski definition) is 1. The van der Waals surface area contributed by atoms with Gasteiger partial charge in [0, 0.05) is 19.7 Å². The van der Waals surface area contributed by atoms with E-state index in [2.05, 4.69) is 15.3 Å². The molecule has 2 aromatic carbocycles. The number of pyridine rings is 1. The standard InChI is InChI=1S/C25H21N5O4/c1-34-15-18-21(17-10-6-3-7-11-17)23-27-26-22-19(30(23)28-18)12-13-29(24(22)31)20(25(32)33)14-16-8-4-2-5-9-16/h2-13,20H,14-15H2,1H3,(H,32,33). The molecule has 0 fully saturated rings. The molecule has 9 nitrogen and oxygen atoms in total. The Labute approximate surface area is 193 Å². The van der Waals surface area contributed by atoms with E-state index >= 15 is 0 Å². The third-order valence-electron chi connectivity index (χ3n) is 5.72. The van der Waals surface area contributed by atoms with Crippen LogP contribution in [-0.4, -0.2) is 42.6 Å². The molecule has 9 heteroatoms. The molecule has 0 bridgehead atoms. The van der Waals surface area contributed by atoms with Gasteiger partial charge in [0.25, 0.3) is 5.56 Å². The van der Waals surface area contributed by atoms with Crippen LogP contribution < -0.4 is 5.56 Å². The highest BCUT2D eigenvalue weighted by Crippen LogP contribution is 2.29. The smallest absolute Gasteiger partial charge is 0.327 e. The average molecular weight is 455 g/mol. The maximum absolute atomic E-state index is 13.3. The van der Waals surface area contributed by atoms with Crippen molar-refractivity contribution >= 4 is 22.6 Å². The van der Waals surface area contributed by atoms with Crippen molar-refractivity contribution in [3.05, 3.63) is 94.5 Å². The molecule has 0 aliphatic carbocycles. The van der Waals surface area contributed by atoms with Crippen molar-refractivity contribution < 1.29 is 14.6 Å². The zero-order valence-electron chi connectivity index (χ0n) is 18.3. The summed E-state index contributed by atoms with van der Waals surface area (Å²) in [5.74, 6) is -1.10. The van der Waals surface area contributed by atoms with E-state index in [1.54, 1.807) is 17.7 Å². The van der Waals surface area contributed by atoms with Gasteiger partial charge in [-0.3, -0.25) is 9.36 Å². The highest BCUT2D eigenvalue weighted by Gasteiger charge is 2.24. The number of aromatic nitrogens is 5. The minimum absolute atomic E-state index is 0.0420. The summed E-state index contributed by atoms with van der Waals surface area (Å²) >= 11 is 0. The van der Waals surface area contributed by atoms with E-state index in [0.29, 0.717) is 16.9 Å². The molecule has 3 aromatic heterocycles. The van der Waals surface area contributed by atoms with Crippen molar-refractivity contribution in [1.29, 1.82) is 0 Å². The molecule has 1 unspecified atom stereocenters. The molecule has 0 aliphatic heterocycles. The van der Waals surface area contributed by atoms with Gasteiger partial charge in [-0.25, -0.2) is 9.31 Å². The van der Waals surface area contributed by atoms with Crippen LogP contribution in [0.15, 0.2) is 77.7 Å². The zero-order chi connectivity index (χ0) is 23.7. The number of carboxylic acids is 1. The fourth-order valence-electron chi connectivity index (χ4n) is 4.13. The Morgan fingerprint density at radius 3 is 2.41 bits per heavy atom. The molecule has 3 heterocycles. The summed E-state index contributed by atoms with van der Waals surface area (Å²) < 4.78 is 8.09. The van der Waals surface area contributed by atoms with Crippen molar-refractivity contribution in [1.82, 2.24) is 24.4 Å². The summed E-state index contributed by atoms with van der Waals surface area (Å²) in [6, 6.07) is 19.4. The van der Waals surface area contributed by atoms with Crippen LogP contribution >= 0.6 is 0 Å². The van der Waals surface area contributed by atoms with Crippen LogP contribution in [0.1, 0.15) is 17.3 Å². The molecular weight excluding hydrogens is 434 g/mol. The molecule has 0 radical (unpaired) electrons. The van der Waals surface area contributed by atoms with E-state index in [9.17, 15) is 14.7 Å². The highest BCUT2D eigenvalue weighted by atomic mass is 16.5. The van der Waals surface area contributed by atoms with Gasteiger partial charge in [-0.15, -0.1) is 10.2 Å². The summed E-state index contributed by atoms with van der Waals surface area (Å²) in [6.07, 6.45) is 1.64. The molecule has 0 saturated carbocycles. The topological polar surface area (TPSA) is 112 Å². The summed E-state index contributed by atoms with van der Waals surface area (Å²) in [4.78, 5) is 25.4. The number of nitrogens with zero attached hydrogens (tertiary/aromatic N) is 5. The van der Waals surface area contributed by atoms with Gasteiger partial charge in [0.15, 0.2) is 11.2 Å². The first-order valence-electron chi connectivity index (χ1n) is 10.7. The van der Waals surface area contributed by atoms with Gasteiger partial charge in [-0.2, -0.15) is 5.10 Å². The molecule has 34 heavy (non-hydrogen) atoms. The molecule has 0 spiro atoms. The molecule has 0 amide bonds. The van der Waals surface area contributed by atoms with Gasteiger partial charge in [0.05, 0.1) is 17.9 Å². The number of rotatable bonds is 7. The summed E-state index contributed by atoms with van der Waals surface area (Å²) in [7, 11) is 1.58. The predicted molar refractivity (Wildman–Crippen MR) is 126 cm³/mol. The summed E-state index contributed by atoms with van der Waals surface area (Å²) in [5, 5.41) is 23.0. The fraction of sp³-hybridized carbons (Fsp3) is 0.160. The van der Waals surface area contributed by atoms with Crippen molar-refractivity contribution in [2.24, 2.45) is 0 Å². The van der Waals surface area contributed by atoms with Crippen molar-refractivity contribution in [3.63, 3.8) is 0 Å². The molecule has 0 aliphatic rings. The molecule has 5 rings (SSSR count). The molecule has 5 aromatic rings. The maximum atomic E-state index is 13.3. The van der Waals surface area contributed by atoms with Gasteiger partial charge in [0.2, 0.25) is 0 Å². The third kappa shape index (κ3) is 3.71. The first kappa shape index (κ1) is 21.5. The first-order chi connectivity index (χ1) is 16.6. The summed E-state index contributed by atoms with van der Waals surface area (Å²) in [5.41, 5.74) is 3.57. The number of benzene rings is 2. The Balaban J connectivity index is 1.68. The number of methoxy groups -OCH3 is 1. The number of hydrogen-bond acceptors (Lipinski definition) is 6. The minimum atomic E-state index is -1.10. The van der Waals surface area contributed by atoms with Crippen molar-refractivity contribution in [2.45, 2.75) is 19.1 Å². The third-order valence-corrected chi connectivity index (χ3v) is 5.72. The Morgan fingerprint density at radius 1 is 1.03 bits per heavy atom. The van der Waals surface area contributed by atoms with Gasteiger partial charge in [-0.05, 0) is 17.2 Å². The molecule has 170 valence electrons. The van der Waals surface area contributed by atoms with Crippen molar-refractivity contribution in [2.75, 3.05) is 7.11 Å². The second-order valence-electron chi connectivity index (χ2n) is 7.86. The van der Waals surface area contributed by atoms with Crippen LogP contribution in [0, 0.1) is 0 Å². The lowest BCUT2D eigenvalue weighted by Crippen LogP contribution is -2.31. The monoisotopic (exact) mass is 455 g/mol. The second-order valence-corrected chi connectivity index (χ2v) is 7.86. The van der Waals surface area contributed by atoms with Crippen LogP contribution in [0.4, 0.5) is 0 Å². The number of aliphatic carboxylic acids is 1. The Kier molecular flexibility index (Phi) is 5.60. The van der Waals surface area contributed by atoms with E-state index in [4.69, 9.17) is 4.74 Å². The Bertz CT molecular complexity index is 1540. The lowest BCUT2D eigenvalue weighted by Gasteiger charge is -2.16. The van der Waals surface area contributed by atoms with Gasteiger partial charge in [-0.1, -0.05) is 60.7 Å². The van der Waals surface area contributed by atoms with Crippen LogP contribution in [0.2, 0.25) is 0 Å². The van der Waals surface area contributed by atoms with Crippen LogP contribution in [0.3, 0.4) is 0 Å². The molecule has 1 atom stereocenters. The Hall–Kier alpha value is -4.37. The quantitative estimate of drug-likeness (QED) is 0.401. The van der Waals surface area contributed by atoms with Crippen LogP contribution in [0.5, 0.6) is 0 Å². The van der Waals surface area contributed by atoms with E-state index in [0.717, 1.165) is 16.7 Å². The lowest BCUT2D eigenvalue weighted by molar-refractivity contribution is -0.141. The molecule has 0 saturated heterocycles. The van der Waals surface area contributed by atoms with Gasteiger partial charge >= 0.3 is 5.97 Å². The van der Waals surface area contributed by atoms with Gasteiger partial charge < -0.3 is 9.84 Å². The van der Waals surface area contributed by atoms with E-state index < -0.39 is 17.6 Å². The highest BCUT2D eigenvalue weighted by molar-refractivity contribution is 5.84. The fourth-order valence-corrected chi connectivity index (χ4v) is 4.13. The summed E-state index contributed by atoms with van der Waals surface area (Å²) in [6.45, 7) is 0.254.